The fraction of sp³-hybridized carbons (Fsp3) is 0.263. The van der Waals surface area contributed by atoms with Gasteiger partial charge in [-0.25, -0.2) is 13.9 Å². The Morgan fingerprint density at radius 1 is 1.16 bits per heavy atom. The van der Waals surface area contributed by atoms with Crippen LogP contribution in [0.3, 0.4) is 0 Å². The minimum absolute atomic E-state index is 0.00778. The number of nitrogens with zero attached hydrogens (tertiary/aromatic N) is 1. The zero-order valence-electron chi connectivity index (χ0n) is 13.7. The predicted molar refractivity (Wildman–Crippen MR) is 94.9 cm³/mol. The summed E-state index contributed by atoms with van der Waals surface area (Å²) in [6, 6.07) is 15.7. The zero-order valence-corrected chi connectivity index (χ0v) is 14.5. The Morgan fingerprint density at radius 3 is 2.40 bits per heavy atom. The minimum Gasteiger partial charge on any atom is -0.451 e. The number of cyclic esters (lactones) is 1. The van der Waals surface area contributed by atoms with E-state index in [0.29, 0.717) is 0 Å². The number of benzene rings is 2. The van der Waals surface area contributed by atoms with Crippen molar-refractivity contribution in [2.45, 2.75) is 18.9 Å². The molecule has 0 aromatic heterocycles. The zero-order chi connectivity index (χ0) is 17.4. The van der Waals surface area contributed by atoms with Crippen LogP contribution in [0.5, 0.6) is 0 Å². The second kappa shape index (κ2) is 6.44. The molecule has 128 valence electrons. The van der Waals surface area contributed by atoms with Crippen LogP contribution in [0, 0.1) is 0 Å². The molecule has 1 saturated heterocycles. The molecule has 1 amide bonds. The fourth-order valence-corrected chi connectivity index (χ4v) is 4.09. The molecule has 1 aliphatic heterocycles. The Bertz CT molecular complexity index is 792. The van der Waals surface area contributed by atoms with Gasteiger partial charge in [0.15, 0.2) is 5.94 Å². The first kappa shape index (κ1) is 16.0. The summed E-state index contributed by atoms with van der Waals surface area (Å²) >= 11 is 1.15. The van der Waals surface area contributed by atoms with Crippen LogP contribution in [-0.2, 0) is 14.3 Å². The van der Waals surface area contributed by atoms with Gasteiger partial charge in [0.2, 0.25) is 0 Å². The normalized spacial score (nSPS) is 19.2. The minimum atomic E-state index is -0.644. The Labute approximate surface area is 150 Å². The summed E-state index contributed by atoms with van der Waals surface area (Å²) in [6.07, 6.45) is -0.504. The van der Waals surface area contributed by atoms with Crippen LogP contribution in [0.4, 0.5) is 4.79 Å². The standard InChI is InChI=1S/C19H17NO4S/c1-12-18(21)24-11-25-20(12)19(22)23-10-17-15-8-4-2-6-13(15)14-7-3-5-9-16(14)17/h2-9,12,17H,10-11H2,1H3. The highest BCUT2D eigenvalue weighted by molar-refractivity contribution is 7.97. The second-order valence-corrected chi connectivity index (χ2v) is 6.90. The number of ether oxygens (including phenoxy) is 2. The molecule has 2 aliphatic rings. The summed E-state index contributed by atoms with van der Waals surface area (Å²) < 4.78 is 11.8. The molecule has 0 N–H and O–H groups in total. The van der Waals surface area contributed by atoms with Crippen molar-refractivity contribution in [3.63, 3.8) is 0 Å². The van der Waals surface area contributed by atoms with Crippen molar-refractivity contribution < 1.29 is 19.1 Å². The number of carbonyl (C=O) groups excluding carboxylic acids is 2. The third-order valence-corrected chi connectivity index (χ3v) is 5.57. The van der Waals surface area contributed by atoms with E-state index in [2.05, 4.69) is 24.3 Å². The van der Waals surface area contributed by atoms with Gasteiger partial charge in [0.05, 0.1) is 0 Å². The van der Waals surface area contributed by atoms with E-state index in [0.717, 1.165) is 23.1 Å². The fourth-order valence-electron chi connectivity index (χ4n) is 3.34. The first-order chi connectivity index (χ1) is 12.2. The summed E-state index contributed by atoms with van der Waals surface area (Å²) in [6.45, 7) is 1.88. The van der Waals surface area contributed by atoms with E-state index >= 15 is 0 Å². The van der Waals surface area contributed by atoms with Gasteiger partial charge in [-0.1, -0.05) is 48.5 Å². The van der Waals surface area contributed by atoms with Gasteiger partial charge in [-0.3, -0.25) is 0 Å². The number of hydrogen-bond acceptors (Lipinski definition) is 5. The van der Waals surface area contributed by atoms with Gasteiger partial charge in [-0.2, -0.15) is 0 Å². The third-order valence-electron chi connectivity index (χ3n) is 4.60. The lowest BCUT2D eigenvalue weighted by molar-refractivity contribution is -0.146. The van der Waals surface area contributed by atoms with Crippen LogP contribution in [0.1, 0.15) is 24.0 Å². The maximum Gasteiger partial charge on any atom is 0.420 e. The molecule has 1 unspecified atom stereocenters. The first-order valence-electron chi connectivity index (χ1n) is 8.10. The third kappa shape index (κ3) is 2.76. The molecule has 1 aliphatic carbocycles. The van der Waals surface area contributed by atoms with Gasteiger partial charge in [-0.05, 0) is 41.1 Å². The summed E-state index contributed by atoms with van der Waals surface area (Å²) in [5, 5.41) is 0. The second-order valence-electron chi connectivity index (χ2n) is 6.02. The molecule has 1 fully saturated rings. The highest BCUT2D eigenvalue weighted by Gasteiger charge is 2.35. The largest absolute Gasteiger partial charge is 0.451 e. The molecule has 0 saturated carbocycles. The smallest absolute Gasteiger partial charge is 0.420 e. The maximum atomic E-state index is 12.4. The quantitative estimate of drug-likeness (QED) is 0.606. The molecule has 0 spiro atoms. The van der Waals surface area contributed by atoms with Crippen LogP contribution >= 0.6 is 11.9 Å². The summed E-state index contributed by atoms with van der Waals surface area (Å²) in [5.41, 5.74) is 4.69. The van der Waals surface area contributed by atoms with E-state index in [1.807, 2.05) is 24.3 Å². The van der Waals surface area contributed by atoms with Crippen LogP contribution in [0.2, 0.25) is 0 Å². The van der Waals surface area contributed by atoms with Crippen molar-refractivity contribution in [3.8, 4) is 11.1 Å². The molecule has 6 heteroatoms. The molecule has 5 nitrogen and oxygen atoms in total. The Kier molecular flexibility index (Phi) is 4.13. The number of amides is 1. The van der Waals surface area contributed by atoms with Crippen LogP contribution in [0.25, 0.3) is 11.1 Å². The van der Waals surface area contributed by atoms with Gasteiger partial charge < -0.3 is 9.47 Å². The SMILES string of the molecule is CC1C(=O)OCSN1C(=O)OCC1c2ccccc2-c2ccccc21. The van der Waals surface area contributed by atoms with Crippen molar-refractivity contribution in [1.29, 1.82) is 0 Å². The van der Waals surface area contributed by atoms with Gasteiger partial charge in [0, 0.05) is 5.92 Å². The molecule has 0 bridgehead atoms. The number of fused-ring (bicyclic) bond motifs is 3. The number of rotatable bonds is 2. The highest BCUT2D eigenvalue weighted by Crippen LogP contribution is 2.44. The van der Waals surface area contributed by atoms with E-state index in [-0.39, 0.29) is 18.5 Å². The molecule has 4 rings (SSSR count). The van der Waals surface area contributed by atoms with Crippen LogP contribution < -0.4 is 0 Å². The van der Waals surface area contributed by atoms with Crippen molar-refractivity contribution in [2.24, 2.45) is 0 Å². The predicted octanol–water partition coefficient (Wildman–Crippen LogP) is 3.79. The van der Waals surface area contributed by atoms with Crippen molar-refractivity contribution in [2.75, 3.05) is 12.5 Å². The summed E-state index contributed by atoms with van der Waals surface area (Å²) in [4.78, 5) is 24.0. The molecule has 2 aromatic carbocycles. The molecular formula is C19H17NO4S. The molecule has 1 atom stereocenters. The Balaban J connectivity index is 1.53. The topological polar surface area (TPSA) is 55.8 Å². The first-order valence-corrected chi connectivity index (χ1v) is 9.05. The van der Waals surface area contributed by atoms with Crippen molar-refractivity contribution >= 4 is 24.0 Å². The van der Waals surface area contributed by atoms with E-state index in [1.165, 1.54) is 15.4 Å². The van der Waals surface area contributed by atoms with Crippen LogP contribution in [-0.4, -0.2) is 35.0 Å². The van der Waals surface area contributed by atoms with Gasteiger partial charge in [0.1, 0.15) is 12.6 Å². The van der Waals surface area contributed by atoms with Gasteiger partial charge in [0.25, 0.3) is 0 Å². The number of carbonyl (C=O) groups is 2. The number of hydrogen-bond donors (Lipinski definition) is 0. The average molecular weight is 355 g/mol. The molecule has 1 heterocycles. The lowest BCUT2D eigenvalue weighted by Crippen LogP contribution is -2.43. The van der Waals surface area contributed by atoms with E-state index in [1.54, 1.807) is 6.92 Å². The van der Waals surface area contributed by atoms with E-state index < -0.39 is 18.1 Å². The Hall–Kier alpha value is -2.47. The Morgan fingerprint density at radius 2 is 1.76 bits per heavy atom. The monoisotopic (exact) mass is 355 g/mol. The lowest BCUT2D eigenvalue weighted by atomic mass is 9.98. The molecule has 0 radical (unpaired) electrons. The highest BCUT2D eigenvalue weighted by atomic mass is 32.2. The van der Waals surface area contributed by atoms with Crippen molar-refractivity contribution in [1.82, 2.24) is 4.31 Å². The molecule has 2 aromatic rings. The summed E-state index contributed by atoms with van der Waals surface area (Å²) in [5.74, 6) is -0.270. The van der Waals surface area contributed by atoms with E-state index in [4.69, 9.17) is 9.47 Å². The van der Waals surface area contributed by atoms with Gasteiger partial charge in [-0.15, -0.1) is 0 Å². The van der Waals surface area contributed by atoms with Crippen LogP contribution in [0.15, 0.2) is 48.5 Å². The van der Waals surface area contributed by atoms with Crippen molar-refractivity contribution in [3.05, 3.63) is 59.7 Å². The summed E-state index contributed by atoms with van der Waals surface area (Å²) in [7, 11) is 0. The van der Waals surface area contributed by atoms with E-state index in [9.17, 15) is 9.59 Å². The molecule has 25 heavy (non-hydrogen) atoms. The average Bonchev–Trinajstić information content (AvgIpc) is 2.96. The number of esters is 1. The maximum absolute atomic E-state index is 12.4. The lowest BCUT2D eigenvalue weighted by Gasteiger charge is -2.29. The van der Waals surface area contributed by atoms with Gasteiger partial charge >= 0.3 is 12.1 Å². The molecular weight excluding hydrogens is 338 g/mol.